The van der Waals surface area contributed by atoms with Crippen molar-refractivity contribution < 1.29 is 4.39 Å². The van der Waals surface area contributed by atoms with E-state index in [1.165, 1.54) is 37.8 Å². The second kappa shape index (κ2) is 6.80. The normalized spacial score (nSPS) is 22.0. The molecule has 0 radical (unpaired) electrons. The summed E-state index contributed by atoms with van der Waals surface area (Å²) in [5, 5.41) is 0. The Bertz CT molecular complexity index is 1070. The molecule has 0 unspecified atom stereocenters. The van der Waals surface area contributed by atoms with Crippen molar-refractivity contribution in [3.63, 3.8) is 0 Å². The van der Waals surface area contributed by atoms with E-state index in [0.717, 1.165) is 52.8 Å². The van der Waals surface area contributed by atoms with Gasteiger partial charge >= 0.3 is 5.69 Å². The van der Waals surface area contributed by atoms with Crippen molar-refractivity contribution in [2.75, 3.05) is 18.0 Å². The van der Waals surface area contributed by atoms with Crippen molar-refractivity contribution in [2.45, 2.75) is 39.2 Å². The summed E-state index contributed by atoms with van der Waals surface area (Å²) in [6.45, 7) is 4.71. The maximum Gasteiger partial charge on any atom is 0.326 e. The Morgan fingerprint density at radius 2 is 1.89 bits per heavy atom. The molecule has 1 aliphatic heterocycles. The first kappa shape index (κ1) is 17.5. The lowest BCUT2D eigenvalue weighted by atomic mass is 9.88. The molecule has 2 fully saturated rings. The van der Waals surface area contributed by atoms with Crippen LogP contribution >= 0.6 is 0 Å². The third-order valence-electron chi connectivity index (χ3n) is 6.74. The number of H-pyrrole nitrogens is 1. The molecule has 146 valence electrons. The molecule has 1 aliphatic carbocycles. The van der Waals surface area contributed by atoms with Crippen LogP contribution in [0.5, 0.6) is 0 Å². The summed E-state index contributed by atoms with van der Waals surface area (Å²) in [4.78, 5) is 17.8. The van der Waals surface area contributed by atoms with Crippen LogP contribution in [0.3, 0.4) is 0 Å². The van der Waals surface area contributed by atoms with Gasteiger partial charge in [0.25, 0.3) is 0 Å². The van der Waals surface area contributed by atoms with Gasteiger partial charge in [-0.05, 0) is 61.4 Å². The van der Waals surface area contributed by atoms with Crippen LogP contribution in [-0.2, 0) is 6.54 Å². The van der Waals surface area contributed by atoms with E-state index in [9.17, 15) is 9.18 Å². The number of anilines is 1. The highest BCUT2D eigenvalue weighted by Gasteiger charge is 2.33. The number of fused-ring (bicyclic) bond motifs is 2. The largest absolute Gasteiger partial charge is 0.371 e. The molecule has 5 heteroatoms. The Morgan fingerprint density at radius 1 is 1.11 bits per heavy atom. The molecular weight excluding hydrogens is 353 g/mol. The lowest BCUT2D eigenvalue weighted by molar-refractivity contribution is 0.324. The number of rotatable bonds is 3. The minimum atomic E-state index is -0.231. The minimum Gasteiger partial charge on any atom is -0.371 e. The summed E-state index contributed by atoms with van der Waals surface area (Å²) in [5.41, 5.74) is 4.92. The summed E-state index contributed by atoms with van der Waals surface area (Å²) in [6, 6.07) is 10.9. The maximum atomic E-state index is 13.5. The predicted molar refractivity (Wildman–Crippen MR) is 111 cm³/mol. The summed E-state index contributed by atoms with van der Waals surface area (Å²) < 4.78 is 15.3. The lowest BCUT2D eigenvalue weighted by Gasteiger charge is -2.37. The molecule has 3 aromatic rings. The highest BCUT2D eigenvalue weighted by molar-refractivity contribution is 5.91. The van der Waals surface area contributed by atoms with Crippen molar-refractivity contribution >= 4 is 16.7 Å². The van der Waals surface area contributed by atoms with Gasteiger partial charge in [0.2, 0.25) is 0 Å². The molecular formula is C23H26FN3O. The van der Waals surface area contributed by atoms with Crippen molar-refractivity contribution in [3.8, 4) is 11.1 Å². The molecule has 2 aromatic carbocycles. The van der Waals surface area contributed by atoms with Crippen LogP contribution in [0.15, 0.2) is 41.2 Å². The fraction of sp³-hybridized carbons (Fsp3) is 0.435. The average molecular weight is 379 g/mol. The summed E-state index contributed by atoms with van der Waals surface area (Å²) in [6.07, 6.45) is 5.27. The number of aromatic nitrogens is 2. The monoisotopic (exact) mass is 379 g/mol. The second-order valence-corrected chi connectivity index (χ2v) is 8.25. The van der Waals surface area contributed by atoms with Gasteiger partial charge in [0, 0.05) is 30.9 Å². The molecule has 2 atom stereocenters. The van der Waals surface area contributed by atoms with Gasteiger partial charge in [-0.1, -0.05) is 25.0 Å². The van der Waals surface area contributed by atoms with Gasteiger partial charge in [0.05, 0.1) is 11.0 Å². The van der Waals surface area contributed by atoms with E-state index in [0.29, 0.717) is 6.54 Å². The molecule has 1 saturated carbocycles. The van der Waals surface area contributed by atoms with Crippen LogP contribution in [0, 0.1) is 17.7 Å². The number of aromatic amines is 1. The van der Waals surface area contributed by atoms with Gasteiger partial charge in [0.1, 0.15) is 5.82 Å². The molecule has 0 amide bonds. The Hall–Kier alpha value is -2.56. The molecule has 1 N–H and O–H groups in total. The first-order valence-corrected chi connectivity index (χ1v) is 10.4. The number of nitrogens with one attached hydrogen (secondary N) is 1. The Kier molecular flexibility index (Phi) is 4.26. The first-order valence-electron chi connectivity index (χ1n) is 10.4. The SMILES string of the molecule is CCn1c(=O)[nH]c2cc(N3CC[C@H]4CCC[C@@H]4C3)c(-c3ccc(F)cc3)cc21. The highest BCUT2D eigenvalue weighted by atomic mass is 19.1. The fourth-order valence-electron chi connectivity index (χ4n) is 5.28. The van der Waals surface area contributed by atoms with Crippen LogP contribution in [0.25, 0.3) is 22.2 Å². The van der Waals surface area contributed by atoms with E-state index >= 15 is 0 Å². The third-order valence-corrected chi connectivity index (χ3v) is 6.74. The molecule has 1 saturated heterocycles. The number of benzene rings is 2. The van der Waals surface area contributed by atoms with Crippen molar-refractivity contribution in [1.82, 2.24) is 9.55 Å². The molecule has 0 spiro atoms. The average Bonchev–Trinajstić information content (AvgIpc) is 3.29. The Morgan fingerprint density at radius 3 is 2.68 bits per heavy atom. The molecule has 28 heavy (non-hydrogen) atoms. The molecule has 4 nitrogen and oxygen atoms in total. The molecule has 2 heterocycles. The summed E-state index contributed by atoms with van der Waals surface area (Å²) >= 11 is 0. The molecule has 1 aromatic heterocycles. The number of hydrogen-bond donors (Lipinski definition) is 1. The van der Waals surface area contributed by atoms with Gasteiger partial charge < -0.3 is 9.88 Å². The van der Waals surface area contributed by atoms with Crippen molar-refractivity contribution in [1.29, 1.82) is 0 Å². The van der Waals surface area contributed by atoms with E-state index in [1.54, 1.807) is 4.57 Å². The summed E-state index contributed by atoms with van der Waals surface area (Å²) in [5.74, 6) is 1.41. The second-order valence-electron chi connectivity index (χ2n) is 8.25. The van der Waals surface area contributed by atoms with Crippen LogP contribution in [0.2, 0.25) is 0 Å². The highest BCUT2D eigenvalue weighted by Crippen LogP contribution is 2.42. The first-order chi connectivity index (χ1) is 13.6. The molecule has 2 aliphatic rings. The Labute approximate surface area is 164 Å². The van der Waals surface area contributed by atoms with E-state index in [1.807, 2.05) is 19.1 Å². The topological polar surface area (TPSA) is 41.0 Å². The fourth-order valence-corrected chi connectivity index (χ4v) is 5.28. The molecule has 5 rings (SSSR count). The van der Waals surface area contributed by atoms with Crippen molar-refractivity contribution in [2.24, 2.45) is 11.8 Å². The summed E-state index contributed by atoms with van der Waals surface area (Å²) in [7, 11) is 0. The molecule has 0 bridgehead atoms. The number of hydrogen-bond acceptors (Lipinski definition) is 2. The van der Waals surface area contributed by atoms with Crippen molar-refractivity contribution in [3.05, 3.63) is 52.7 Å². The lowest BCUT2D eigenvalue weighted by Crippen LogP contribution is -2.38. The van der Waals surface area contributed by atoms with E-state index in [2.05, 4.69) is 22.0 Å². The zero-order valence-corrected chi connectivity index (χ0v) is 16.2. The van der Waals surface area contributed by atoms with Crippen LogP contribution in [0.4, 0.5) is 10.1 Å². The van der Waals surface area contributed by atoms with Crippen LogP contribution in [-0.4, -0.2) is 22.6 Å². The van der Waals surface area contributed by atoms with Crippen LogP contribution < -0.4 is 10.6 Å². The van der Waals surface area contributed by atoms with E-state index < -0.39 is 0 Å². The number of imidazole rings is 1. The van der Waals surface area contributed by atoms with Gasteiger partial charge in [0.15, 0.2) is 0 Å². The third kappa shape index (κ3) is 2.84. The Balaban J connectivity index is 1.66. The predicted octanol–water partition coefficient (Wildman–Crippen LogP) is 4.78. The van der Waals surface area contributed by atoms with Gasteiger partial charge in [-0.2, -0.15) is 0 Å². The van der Waals surface area contributed by atoms with E-state index in [-0.39, 0.29) is 11.5 Å². The standard InChI is InChI=1S/C23H26FN3O/c1-2-27-22-12-19(16-6-8-18(24)9-7-16)21(13-20(22)25-23(27)28)26-11-10-15-4-3-5-17(15)14-26/h6-9,12-13,15,17H,2-5,10-11,14H2,1H3,(H,25,28)/t15-,17-/m1/s1. The number of nitrogens with zero attached hydrogens (tertiary/aromatic N) is 2. The van der Waals surface area contributed by atoms with Gasteiger partial charge in [-0.25, -0.2) is 9.18 Å². The number of piperidine rings is 1. The zero-order chi connectivity index (χ0) is 19.3. The zero-order valence-electron chi connectivity index (χ0n) is 16.2. The number of halogens is 1. The maximum absolute atomic E-state index is 13.5. The smallest absolute Gasteiger partial charge is 0.326 e. The number of aryl methyl sites for hydroxylation is 1. The van der Waals surface area contributed by atoms with Crippen LogP contribution in [0.1, 0.15) is 32.6 Å². The quantitative estimate of drug-likeness (QED) is 0.711. The van der Waals surface area contributed by atoms with E-state index in [4.69, 9.17) is 0 Å². The minimum absolute atomic E-state index is 0.0748. The van der Waals surface area contributed by atoms with Gasteiger partial charge in [-0.3, -0.25) is 4.57 Å². The van der Waals surface area contributed by atoms with Gasteiger partial charge in [-0.15, -0.1) is 0 Å².